The van der Waals surface area contributed by atoms with E-state index in [1.807, 2.05) is 12.4 Å². The highest BCUT2D eigenvalue weighted by molar-refractivity contribution is 5.07. The van der Waals surface area contributed by atoms with Crippen molar-refractivity contribution in [3.05, 3.63) is 23.8 Å². The molecule has 1 aromatic rings. The molecule has 0 bridgehead atoms. The van der Waals surface area contributed by atoms with Crippen LogP contribution in [0, 0.1) is 5.92 Å². The average molecular weight is 304 g/mol. The Kier molecular flexibility index (Phi) is 7.86. The van der Waals surface area contributed by atoms with Gasteiger partial charge in [0, 0.05) is 30.5 Å². The van der Waals surface area contributed by atoms with Crippen LogP contribution in [0.25, 0.3) is 0 Å². The van der Waals surface area contributed by atoms with Crippen molar-refractivity contribution in [2.24, 2.45) is 5.92 Å². The van der Waals surface area contributed by atoms with Crippen LogP contribution in [0.3, 0.4) is 0 Å². The van der Waals surface area contributed by atoms with Crippen molar-refractivity contribution in [2.75, 3.05) is 6.61 Å². The van der Waals surface area contributed by atoms with Crippen LogP contribution in [0.4, 0.5) is 0 Å². The van der Waals surface area contributed by atoms with Gasteiger partial charge in [0.05, 0.1) is 6.61 Å². The lowest BCUT2D eigenvalue weighted by Crippen LogP contribution is -2.15. The van der Waals surface area contributed by atoms with E-state index in [0.29, 0.717) is 12.5 Å². The lowest BCUT2D eigenvalue weighted by atomic mass is 9.79. The first kappa shape index (κ1) is 17.4. The highest BCUT2D eigenvalue weighted by Gasteiger charge is 2.23. The Morgan fingerprint density at radius 3 is 2.36 bits per heavy atom. The normalized spacial score (nSPS) is 21.9. The number of hydrogen-bond donors (Lipinski definition) is 0. The molecule has 0 amide bonds. The Morgan fingerprint density at radius 1 is 1.00 bits per heavy atom. The fourth-order valence-electron chi connectivity index (χ4n) is 3.38. The van der Waals surface area contributed by atoms with Gasteiger partial charge in [0.2, 0.25) is 0 Å². The van der Waals surface area contributed by atoms with Crippen LogP contribution in [0.2, 0.25) is 0 Å². The Balaban J connectivity index is 1.74. The predicted octanol–water partition coefficient (Wildman–Crippen LogP) is 5.26. The van der Waals surface area contributed by atoms with Gasteiger partial charge in [-0.1, -0.05) is 39.5 Å². The molecule has 22 heavy (non-hydrogen) atoms. The van der Waals surface area contributed by atoms with Crippen molar-refractivity contribution in [3.8, 4) is 0 Å². The van der Waals surface area contributed by atoms with Crippen LogP contribution in [0.1, 0.15) is 88.9 Å². The number of unbranched alkanes of at least 4 members (excludes halogenated alkanes) is 2. The molecule has 0 atom stereocenters. The van der Waals surface area contributed by atoms with Gasteiger partial charge in [0.1, 0.15) is 5.82 Å². The lowest BCUT2D eigenvalue weighted by molar-refractivity contribution is 0.121. The number of hydrogen-bond acceptors (Lipinski definition) is 3. The fraction of sp³-hybridized carbons (Fsp3) is 0.789. The number of ether oxygens (including phenoxy) is 1. The zero-order chi connectivity index (χ0) is 15.6. The molecule has 1 aromatic heterocycles. The van der Waals surface area contributed by atoms with Crippen LogP contribution in [-0.4, -0.2) is 16.6 Å². The standard InChI is InChI=1S/C19H32N2O/c1-3-5-6-7-16-8-10-18(11-9-16)19-20-13-17(14-21-19)15-22-12-4-2/h13-14,16,18H,3-12,15H2,1-2H3/t16-,18-. The van der Waals surface area contributed by atoms with Gasteiger partial charge in [0.15, 0.2) is 0 Å². The van der Waals surface area contributed by atoms with E-state index in [1.54, 1.807) is 0 Å². The van der Waals surface area contributed by atoms with Crippen molar-refractivity contribution >= 4 is 0 Å². The van der Waals surface area contributed by atoms with Crippen molar-refractivity contribution in [2.45, 2.75) is 84.2 Å². The van der Waals surface area contributed by atoms with Crippen LogP contribution in [-0.2, 0) is 11.3 Å². The molecule has 0 unspecified atom stereocenters. The summed E-state index contributed by atoms with van der Waals surface area (Å²) in [6.07, 6.45) is 15.8. The number of nitrogens with zero attached hydrogens (tertiary/aromatic N) is 2. The second-order valence-corrected chi connectivity index (χ2v) is 6.72. The van der Waals surface area contributed by atoms with Crippen LogP contribution in [0.5, 0.6) is 0 Å². The van der Waals surface area contributed by atoms with E-state index in [4.69, 9.17) is 4.74 Å². The van der Waals surface area contributed by atoms with E-state index in [-0.39, 0.29) is 0 Å². The van der Waals surface area contributed by atoms with Gasteiger partial charge < -0.3 is 4.74 Å². The van der Waals surface area contributed by atoms with Gasteiger partial charge in [-0.15, -0.1) is 0 Å². The van der Waals surface area contributed by atoms with Gasteiger partial charge in [-0.05, 0) is 38.0 Å². The molecule has 3 nitrogen and oxygen atoms in total. The SMILES string of the molecule is CCCCC[C@H]1CC[C@H](c2ncc(COCCC)cn2)CC1. The highest BCUT2D eigenvalue weighted by atomic mass is 16.5. The molecule has 0 radical (unpaired) electrons. The first-order valence-corrected chi connectivity index (χ1v) is 9.22. The van der Waals surface area contributed by atoms with E-state index in [9.17, 15) is 0 Å². The van der Waals surface area contributed by atoms with Crippen LogP contribution in [0.15, 0.2) is 12.4 Å². The third-order valence-electron chi connectivity index (χ3n) is 4.77. The van der Waals surface area contributed by atoms with Crippen molar-refractivity contribution < 1.29 is 4.74 Å². The first-order chi connectivity index (χ1) is 10.8. The largest absolute Gasteiger partial charge is 0.377 e. The summed E-state index contributed by atoms with van der Waals surface area (Å²) in [5, 5.41) is 0. The summed E-state index contributed by atoms with van der Waals surface area (Å²) in [5.74, 6) is 2.57. The minimum atomic E-state index is 0.577. The van der Waals surface area contributed by atoms with E-state index in [0.717, 1.165) is 30.3 Å². The van der Waals surface area contributed by atoms with Crippen molar-refractivity contribution in [1.82, 2.24) is 9.97 Å². The fourth-order valence-corrected chi connectivity index (χ4v) is 3.38. The lowest BCUT2D eigenvalue weighted by Gasteiger charge is -2.27. The zero-order valence-corrected chi connectivity index (χ0v) is 14.4. The third-order valence-corrected chi connectivity index (χ3v) is 4.77. The van der Waals surface area contributed by atoms with Gasteiger partial charge in [-0.2, -0.15) is 0 Å². The molecule has 0 N–H and O–H groups in total. The molecule has 0 aromatic carbocycles. The molecule has 124 valence electrons. The van der Waals surface area contributed by atoms with Crippen LogP contribution >= 0.6 is 0 Å². The summed E-state index contributed by atoms with van der Waals surface area (Å²) in [6, 6.07) is 0. The smallest absolute Gasteiger partial charge is 0.131 e. The quantitative estimate of drug-likeness (QED) is 0.584. The van der Waals surface area contributed by atoms with Crippen molar-refractivity contribution in [3.63, 3.8) is 0 Å². The Hall–Kier alpha value is -0.960. The molecule has 1 aliphatic carbocycles. The predicted molar refractivity (Wildman–Crippen MR) is 90.8 cm³/mol. The second-order valence-electron chi connectivity index (χ2n) is 6.72. The maximum atomic E-state index is 5.53. The molecular formula is C19H32N2O. The Morgan fingerprint density at radius 2 is 1.73 bits per heavy atom. The number of aromatic nitrogens is 2. The molecule has 0 aliphatic heterocycles. The van der Waals surface area contributed by atoms with E-state index < -0.39 is 0 Å². The maximum Gasteiger partial charge on any atom is 0.131 e. The third kappa shape index (κ3) is 5.68. The first-order valence-electron chi connectivity index (χ1n) is 9.22. The average Bonchev–Trinajstić information content (AvgIpc) is 2.57. The summed E-state index contributed by atoms with van der Waals surface area (Å²) in [7, 11) is 0. The molecular weight excluding hydrogens is 272 g/mol. The van der Waals surface area contributed by atoms with E-state index >= 15 is 0 Å². The number of rotatable bonds is 9. The molecule has 0 spiro atoms. The molecule has 1 heterocycles. The second kappa shape index (κ2) is 9.94. The minimum Gasteiger partial charge on any atom is -0.377 e. The topological polar surface area (TPSA) is 35.0 Å². The molecule has 1 aliphatic rings. The summed E-state index contributed by atoms with van der Waals surface area (Å²) < 4.78 is 5.53. The maximum absolute atomic E-state index is 5.53. The van der Waals surface area contributed by atoms with Gasteiger partial charge >= 0.3 is 0 Å². The molecule has 0 saturated heterocycles. The monoisotopic (exact) mass is 304 g/mol. The van der Waals surface area contributed by atoms with E-state index in [2.05, 4.69) is 23.8 Å². The molecule has 1 fully saturated rings. The minimum absolute atomic E-state index is 0.577. The Bertz CT molecular complexity index is 396. The van der Waals surface area contributed by atoms with Gasteiger partial charge in [-0.25, -0.2) is 9.97 Å². The van der Waals surface area contributed by atoms with Gasteiger partial charge in [0.25, 0.3) is 0 Å². The summed E-state index contributed by atoms with van der Waals surface area (Å²) in [4.78, 5) is 9.18. The molecule has 1 saturated carbocycles. The molecule has 2 rings (SSSR count). The Labute approximate surface area is 135 Å². The summed E-state index contributed by atoms with van der Waals surface area (Å²) in [6.45, 7) is 5.85. The highest BCUT2D eigenvalue weighted by Crippen LogP contribution is 2.36. The summed E-state index contributed by atoms with van der Waals surface area (Å²) in [5.41, 5.74) is 1.09. The summed E-state index contributed by atoms with van der Waals surface area (Å²) >= 11 is 0. The van der Waals surface area contributed by atoms with E-state index in [1.165, 1.54) is 51.4 Å². The van der Waals surface area contributed by atoms with Gasteiger partial charge in [-0.3, -0.25) is 0 Å². The van der Waals surface area contributed by atoms with Crippen molar-refractivity contribution in [1.29, 1.82) is 0 Å². The molecule has 3 heteroatoms. The zero-order valence-electron chi connectivity index (χ0n) is 14.4. The van der Waals surface area contributed by atoms with Crippen LogP contribution < -0.4 is 0 Å².